The summed E-state index contributed by atoms with van der Waals surface area (Å²) >= 11 is 18.5. The maximum atomic E-state index is 14.1. The molecule has 0 unspecified atom stereocenters. The number of hydrogen-bond donors (Lipinski definition) is 1. The Balaban J connectivity index is 2.11. The first-order chi connectivity index (χ1) is 20.6. The van der Waals surface area contributed by atoms with Crippen molar-refractivity contribution in [1.29, 1.82) is 0 Å². The number of hydrogen-bond acceptors (Lipinski definition) is 4. The third kappa shape index (κ3) is 9.76. The summed E-state index contributed by atoms with van der Waals surface area (Å²) in [5, 5.41) is 2.97. The van der Waals surface area contributed by atoms with E-state index >= 15 is 0 Å². The highest BCUT2D eigenvalue weighted by Gasteiger charge is 2.36. The first kappa shape index (κ1) is 35.5. The molecule has 238 valence electrons. The van der Waals surface area contributed by atoms with Crippen LogP contribution in [-0.2, 0) is 38.8 Å². The van der Waals surface area contributed by atoms with Crippen molar-refractivity contribution in [2.45, 2.75) is 44.9 Å². The maximum Gasteiger partial charge on any atom is 0.416 e. The molecule has 0 aliphatic rings. The molecule has 7 nitrogen and oxygen atoms in total. The van der Waals surface area contributed by atoms with E-state index in [-0.39, 0.29) is 28.0 Å². The second kappa shape index (κ2) is 15.3. The Kier molecular flexibility index (Phi) is 12.4. The van der Waals surface area contributed by atoms with Crippen molar-refractivity contribution in [1.82, 2.24) is 10.2 Å². The van der Waals surface area contributed by atoms with Gasteiger partial charge in [0.05, 0.1) is 32.6 Å². The maximum absolute atomic E-state index is 14.1. The van der Waals surface area contributed by atoms with Crippen LogP contribution < -0.4 is 9.62 Å². The fourth-order valence-corrected chi connectivity index (χ4v) is 5.81. The number of sulfonamides is 1. The second-order valence-corrected chi connectivity index (χ2v) is 13.2. The number of rotatable bonds is 13. The number of anilines is 1. The van der Waals surface area contributed by atoms with E-state index in [2.05, 4.69) is 5.32 Å². The summed E-state index contributed by atoms with van der Waals surface area (Å²) in [6.45, 7) is 1.16. The summed E-state index contributed by atoms with van der Waals surface area (Å²) in [7, 11) is -4.34. The van der Waals surface area contributed by atoms with Crippen molar-refractivity contribution < 1.29 is 31.2 Å². The van der Waals surface area contributed by atoms with E-state index in [1.165, 1.54) is 17.0 Å². The number of nitrogens with zero attached hydrogens (tertiary/aromatic N) is 2. The molecule has 0 spiro atoms. The molecule has 0 heterocycles. The van der Waals surface area contributed by atoms with Crippen LogP contribution in [0.2, 0.25) is 15.1 Å². The smallest absolute Gasteiger partial charge is 0.354 e. The highest BCUT2D eigenvalue weighted by Crippen LogP contribution is 2.36. The zero-order valence-corrected chi connectivity index (χ0v) is 27.0. The molecule has 0 aliphatic heterocycles. The number of nitrogens with one attached hydrogen (secondary N) is 1. The molecular weight excluding hydrogens is 662 g/mol. The van der Waals surface area contributed by atoms with Gasteiger partial charge in [0.15, 0.2) is 0 Å². The number of amides is 2. The van der Waals surface area contributed by atoms with Crippen LogP contribution in [0.5, 0.6) is 0 Å². The van der Waals surface area contributed by atoms with Crippen LogP contribution in [0.1, 0.15) is 36.5 Å². The minimum Gasteiger partial charge on any atom is -0.354 e. The Bertz CT molecular complexity index is 1570. The van der Waals surface area contributed by atoms with Gasteiger partial charge in [-0.25, -0.2) is 8.42 Å². The summed E-state index contributed by atoms with van der Waals surface area (Å²) in [4.78, 5) is 28.9. The zero-order valence-electron chi connectivity index (χ0n) is 23.9. The topological polar surface area (TPSA) is 86.8 Å². The lowest BCUT2D eigenvalue weighted by Gasteiger charge is -2.34. The van der Waals surface area contributed by atoms with Gasteiger partial charge < -0.3 is 10.2 Å². The predicted octanol–water partition coefficient (Wildman–Crippen LogP) is 6.99. The monoisotopic (exact) mass is 691 g/mol. The number of carbonyl (C=O) groups excluding carboxylic acids is 2. The molecule has 2 amide bonds. The summed E-state index contributed by atoms with van der Waals surface area (Å²) in [5.74, 6) is -1.35. The van der Waals surface area contributed by atoms with E-state index in [0.717, 1.165) is 24.3 Å². The quantitative estimate of drug-likeness (QED) is 0.196. The van der Waals surface area contributed by atoms with E-state index in [0.29, 0.717) is 35.0 Å². The molecular formula is C30H31Cl3F3N3O4S. The molecule has 3 aromatic rings. The second-order valence-electron chi connectivity index (χ2n) is 10.1. The van der Waals surface area contributed by atoms with Crippen LogP contribution >= 0.6 is 34.8 Å². The lowest BCUT2D eigenvalue weighted by atomic mass is 10.0. The van der Waals surface area contributed by atoms with E-state index in [4.69, 9.17) is 34.8 Å². The van der Waals surface area contributed by atoms with E-state index in [1.54, 1.807) is 36.4 Å². The fraction of sp³-hybridized carbons (Fsp3) is 0.333. The third-order valence-electron chi connectivity index (χ3n) is 6.66. The number of unbranched alkanes of at least 4 members (excludes halogenated alkanes) is 1. The zero-order chi connectivity index (χ0) is 32.7. The Labute approximate surface area is 269 Å². The standard InChI is InChI=1S/C30H31Cl3F3N3O4S/c1-3-4-14-37-29(41)27(16-20-8-6-5-7-9-20)38(18-21-10-12-23(31)25(33)15-21)28(40)19-39(44(2,42)43)26-17-22(30(34,35)36)11-13-24(26)32/h5-13,15,17,27H,3-4,14,16,18-19H2,1-2H3,(H,37,41)/t27-/m1/s1. The van der Waals surface area contributed by atoms with Crippen LogP contribution in [0.15, 0.2) is 66.7 Å². The minimum atomic E-state index is -4.80. The molecule has 0 fully saturated rings. The average molecular weight is 693 g/mol. The van der Waals surface area contributed by atoms with Crippen LogP contribution in [0.25, 0.3) is 0 Å². The lowest BCUT2D eigenvalue weighted by molar-refractivity contribution is -0.140. The summed E-state index contributed by atoms with van der Waals surface area (Å²) in [6, 6.07) is 14.6. The van der Waals surface area contributed by atoms with Gasteiger partial charge in [-0.1, -0.05) is 84.5 Å². The van der Waals surface area contributed by atoms with E-state index in [9.17, 15) is 31.2 Å². The van der Waals surface area contributed by atoms with Crippen molar-refractivity contribution in [3.8, 4) is 0 Å². The van der Waals surface area contributed by atoms with Crippen molar-refractivity contribution >= 4 is 62.3 Å². The predicted molar refractivity (Wildman–Crippen MR) is 168 cm³/mol. The van der Waals surface area contributed by atoms with Gasteiger partial charge in [-0.2, -0.15) is 13.2 Å². The van der Waals surface area contributed by atoms with Crippen LogP contribution in [0.3, 0.4) is 0 Å². The van der Waals surface area contributed by atoms with Gasteiger partial charge in [0.1, 0.15) is 12.6 Å². The van der Waals surface area contributed by atoms with Crippen LogP contribution in [0.4, 0.5) is 18.9 Å². The van der Waals surface area contributed by atoms with Gasteiger partial charge in [-0.15, -0.1) is 0 Å². The Morgan fingerprint density at radius 3 is 2.16 bits per heavy atom. The van der Waals surface area contributed by atoms with Gasteiger partial charge in [-0.3, -0.25) is 13.9 Å². The minimum absolute atomic E-state index is 0.0645. The number of halogens is 6. The van der Waals surface area contributed by atoms with Crippen molar-refractivity contribution in [2.75, 3.05) is 23.7 Å². The largest absolute Gasteiger partial charge is 0.416 e. The first-order valence-corrected chi connectivity index (χ1v) is 16.5. The Morgan fingerprint density at radius 1 is 0.909 bits per heavy atom. The van der Waals surface area contributed by atoms with Crippen molar-refractivity contribution in [3.63, 3.8) is 0 Å². The normalized spacial score (nSPS) is 12.5. The Morgan fingerprint density at radius 2 is 1.57 bits per heavy atom. The number of carbonyl (C=O) groups is 2. The molecule has 1 N–H and O–H groups in total. The molecule has 0 saturated carbocycles. The van der Waals surface area contributed by atoms with Gasteiger partial charge >= 0.3 is 6.18 Å². The summed E-state index contributed by atoms with van der Waals surface area (Å²) < 4.78 is 66.9. The molecule has 44 heavy (non-hydrogen) atoms. The molecule has 3 aromatic carbocycles. The van der Waals surface area contributed by atoms with Gasteiger partial charge in [0.2, 0.25) is 21.8 Å². The van der Waals surface area contributed by atoms with E-state index in [1.807, 2.05) is 6.92 Å². The van der Waals surface area contributed by atoms with Crippen molar-refractivity contribution in [3.05, 3.63) is 98.5 Å². The van der Waals surface area contributed by atoms with Crippen molar-refractivity contribution in [2.24, 2.45) is 0 Å². The van der Waals surface area contributed by atoms with Crippen LogP contribution in [-0.4, -0.2) is 50.5 Å². The van der Waals surface area contributed by atoms with E-state index < -0.39 is 51.9 Å². The van der Waals surface area contributed by atoms with Gasteiger partial charge in [0, 0.05) is 19.5 Å². The molecule has 14 heteroatoms. The number of benzene rings is 3. The molecule has 0 saturated heterocycles. The Hall–Kier alpha value is -2.99. The molecule has 1 atom stereocenters. The first-order valence-electron chi connectivity index (χ1n) is 13.5. The molecule has 0 aliphatic carbocycles. The number of alkyl halides is 3. The summed E-state index contributed by atoms with van der Waals surface area (Å²) in [5.41, 5.74) is -0.479. The van der Waals surface area contributed by atoms with Crippen LogP contribution in [0, 0.1) is 0 Å². The molecule has 0 radical (unpaired) electrons. The highest BCUT2D eigenvalue weighted by molar-refractivity contribution is 7.92. The average Bonchev–Trinajstić information content (AvgIpc) is 2.95. The highest BCUT2D eigenvalue weighted by atomic mass is 35.5. The fourth-order valence-electron chi connectivity index (χ4n) is 4.37. The van der Waals surface area contributed by atoms with Gasteiger partial charge in [-0.05, 0) is 47.9 Å². The summed E-state index contributed by atoms with van der Waals surface area (Å²) in [6.07, 6.45) is -2.51. The molecule has 3 rings (SSSR count). The molecule has 0 bridgehead atoms. The molecule has 0 aromatic heterocycles. The third-order valence-corrected chi connectivity index (χ3v) is 8.84. The SMILES string of the molecule is CCCCNC(=O)[C@@H](Cc1ccccc1)N(Cc1ccc(Cl)c(Cl)c1)C(=O)CN(c1cc(C(F)(F)F)ccc1Cl)S(C)(=O)=O. The van der Waals surface area contributed by atoms with Gasteiger partial charge in [0.25, 0.3) is 0 Å². The lowest BCUT2D eigenvalue weighted by Crippen LogP contribution is -2.53.